The summed E-state index contributed by atoms with van der Waals surface area (Å²) in [6, 6.07) is 21.3. The van der Waals surface area contributed by atoms with Crippen molar-refractivity contribution in [2.75, 3.05) is 34.5 Å². The predicted molar refractivity (Wildman–Crippen MR) is 147 cm³/mol. The van der Waals surface area contributed by atoms with Gasteiger partial charge in [0.05, 0.1) is 45.4 Å². The number of fused-ring (bicyclic) bond motifs is 1. The molecule has 1 aromatic heterocycles. The number of imidazole rings is 1. The van der Waals surface area contributed by atoms with Gasteiger partial charge in [0.1, 0.15) is 17.3 Å². The number of nitrogens with one attached hydrogen (secondary N) is 1. The van der Waals surface area contributed by atoms with Crippen molar-refractivity contribution in [3.8, 4) is 23.0 Å². The zero-order valence-electron chi connectivity index (χ0n) is 22.2. The second-order valence-corrected chi connectivity index (χ2v) is 8.87. The molecule has 0 aliphatic carbocycles. The van der Waals surface area contributed by atoms with E-state index in [0.717, 1.165) is 59.7 Å². The minimum absolute atomic E-state index is 0.0274. The van der Waals surface area contributed by atoms with Gasteiger partial charge in [-0.1, -0.05) is 24.3 Å². The number of aryl methyl sites for hydroxylation is 2. The molecule has 4 rings (SSSR count). The minimum Gasteiger partial charge on any atom is -0.497 e. The van der Waals surface area contributed by atoms with E-state index in [-0.39, 0.29) is 12.3 Å². The van der Waals surface area contributed by atoms with Crippen LogP contribution in [0.1, 0.15) is 24.2 Å². The van der Waals surface area contributed by atoms with E-state index >= 15 is 0 Å². The van der Waals surface area contributed by atoms with Gasteiger partial charge in [0, 0.05) is 25.6 Å². The van der Waals surface area contributed by atoms with Crippen LogP contribution >= 0.6 is 0 Å². The van der Waals surface area contributed by atoms with Crippen LogP contribution in [-0.4, -0.2) is 49.9 Å². The molecule has 0 aliphatic rings. The average Bonchev–Trinajstić information content (AvgIpc) is 3.30. The summed E-state index contributed by atoms with van der Waals surface area (Å²) < 4.78 is 24.0. The van der Waals surface area contributed by atoms with Crippen molar-refractivity contribution < 1.29 is 23.7 Å². The molecule has 200 valence electrons. The number of nitrogens with zero attached hydrogens (tertiary/aromatic N) is 2. The molecule has 0 radical (unpaired) electrons. The van der Waals surface area contributed by atoms with Gasteiger partial charge in [0.25, 0.3) is 0 Å². The van der Waals surface area contributed by atoms with Gasteiger partial charge < -0.3 is 28.8 Å². The highest BCUT2D eigenvalue weighted by molar-refractivity contribution is 5.79. The van der Waals surface area contributed by atoms with Crippen molar-refractivity contribution in [2.24, 2.45) is 0 Å². The first-order chi connectivity index (χ1) is 18.6. The first-order valence-corrected chi connectivity index (χ1v) is 12.8. The Morgan fingerprint density at radius 3 is 2.50 bits per heavy atom. The van der Waals surface area contributed by atoms with E-state index in [9.17, 15) is 4.79 Å². The summed E-state index contributed by atoms with van der Waals surface area (Å²) in [5, 5.41) is 3.02. The summed E-state index contributed by atoms with van der Waals surface area (Å²) in [4.78, 5) is 17.4. The van der Waals surface area contributed by atoms with Crippen molar-refractivity contribution in [3.05, 3.63) is 78.1 Å². The van der Waals surface area contributed by atoms with Gasteiger partial charge in [0.2, 0.25) is 5.91 Å². The van der Waals surface area contributed by atoms with Crippen LogP contribution in [0.5, 0.6) is 23.0 Å². The molecule has 3 aromatic carbocycles. The van der Waals surface area contributed by atoms with Gasteiger partial charge in [-0.2, -0.15) is 0 Å². The maximum Gasteiger partial charge on any atom is 0.224 e. The molecule has 1 heterocycles. The molecule has 0 atom stereocenters. The number of amides is 1. The van der Waals surface area contributed by atoms with Crippen LogP contribution in [0.2, 0.25) is 0 Å². The standard InChI is InChI=1S/C30H35N3O5/c1-35-23-9-6-10-24(21-23)38-18-8-17-33-26-12-5-4-11-25(26)32-29(33)13-7-16-31-30(34)20-22-14-15-27(36-2)28(19-22)37-3/h4-6,9-12,14-15,19,21H,7-8,13,16-18,20H2,1-3H3,(H,31,34). The molecule has 0 bridgehead atoms. The van der Waals surface area contributed by atoms with E-state index in [1.807, 2.05) is 60.7 Å². The molecule has 0 spiro atoms. The number of hydrogen-bond acceptors (Lipinski definition) is 6. The van der Waals surface area contributed by atoms with Crippen molar-refractivity contribution in [1.82, 2.24) is 14.9 Å². The number of ether oxygens (including phenoxy) is 4. The summed E-state index contributed by atoms with van der Waals surface area (Å²) >= 11 is 0. The monoisotopic (exact) mass is 517 g/mol. The maximum atomic E-state index is 12.5. The second-order valence-electron chi connectivity index (χ2n) is 8.87. The van der Waals surface area contributed by atoms with Crippen LogP contribution < -0.4 is 24.3 Å². The fraction of sp³-hybridized carbons (Fsp3) is 0.333. The Hall–Kier alpha value is -4.20. The normalized spacial score (nSPS) is 10.8. The van der Waals surface area contributed by atoms with E-state index < -0.39 is 0 Å². The molecule has 0 fully saturated rings. The third-order valence-electron chi connectivity index (χ3n) is 6.28. The van der Waals surface area contributed by atoms with Crippen LogP contribution in [0.25, 0.3) is 11.0 Å². The maximum absolute atomic E-state index is 12.5. The average molecular weight is 518 g/mol. The highest BCUT2D eigenvalue weighted by Crippen LogP contribution is 2.27. The van der Waals surface area contributed by atoms with Crippen molar-refractivity contribution >= 4 is 16.9 Å². The second kappa shape index (κ2) is 13.4. The number of carbonyl (C=O) groups excluding carboxylic acids is 1. The predicted octanol–water partition coefficient (Wildman–Crippen LogP) is 4.82. The lowest BCUT2D eigenvalue weighted by molar-refractivity contribution is -0.120. The zero-order valence-corrected chi connectivity index (χ0v) is 22.2. The van der Waals surface area contributed by atoms with Crippen molar-refractivity contribution in [1.29, 1.82) is 0 Å². The number of aromatic nitrogens is 2. The Morgan fingerprint density at radius 1 is 0.868 bits per heavy atom. The number of benzene rings is 3. The number of carbonyl (C=O) groups is 1. The van der Waals surface area contributed by atoms with Crippen LogP contribution in [0, 0.1) is 0 Å². The number of methoxy groups -OCH3 is 3. The minimum atomic E-state index is -0.0274. The topological polar surface area (TPSA) is 83.8 Å². The SMILES string of the molecule is COc1cccc(OCCCn2c(CCCNC(=O)Cc3ccc(OC)c(OC)c3)nc3ccccc32)c1. The van der Waals surface area contributed by atoms with E-state index in [2.05, 4.69) is 16.0 Å². The molecule has 0 aliphatic heterocycles. The van der Waals surface area contributed by atoms with Gasteiger partial charge in [-0.3, -0.25) is 4.79 Å². The fourth-order valence-electron chi connectivity index (χ4n) is 4.38. The Bertz CT molecular complexity index is 1350. The van der Waals surface area contributed by atoms with E-state index in [4.69, 9.17) is 23.9 Å². The molecule has 8 heteroatoms. The summed E-state index contributed by atoms with van der Waals surface area (Å²) in [6.07, 6.45) is 2.68. The quantitative estimate of drug-likeness (QED) is 0.242. The van der Waals surface area contributed by atoms with Gasteiger partial charge in [-0.25, -0.2) is 4.98 Å². The molecule has 1 amide bonds. The summed E-state index contributed by atoms with van der Waals surface area (Å²) in [6.45, 7) is 1.96. The first kappa shape index (κ1) is 26.9. The summed E-state index contributed by atoms with van der Waals surface area (Å²) in [5.41, 5.74) is 2.97. The zero-order chi connectivity index (χ0) is 26.7. The van der Waals surface area contributed by atoms with Crippen LogP contribution in [-0.2, 0) is 24.2 Å². The molecular weight excluding hydrogens is 482 g/mol. The van der Waals surface area contributed by atoms with Crippen LogP contribution in [0.4, 0.5) is 0 Å². The van der Waals surface area contributed by atoms with Crippen molar-refractivity contribution in [3.63, 3.8) is 0 Å². The first-order valence-electron chi connectivity index (χ1n) is 12.8. The largest absolute Gasteiger partial charge is 0.497 e. The molecule has 1 N–H and O–H groups in total. The van der Waals surface area contributed by atoms with Gasteiger partial charge in [-0.05, 0) is 54.8 Å². The van der Waals surface area contributed by atoms with E-state index in [1.54, 1.807) is 21.3 Å². The lowest BCUT2D eigenvalue weighted by Crippen LogP contribution is -2.26. The number of para-hydroxylation sites is 2. The van der Waals surface area contributed by atoms with Crippen LogP contribution in [0.15, 0.2) is 66.7 Å². The lowest BCUT2D eigenvalue weighted by atomic mass is 10.1. The number of rotatable bonds is 14. The van der Waals surface area contributed by atoms with Crippen molar-refractivity contribution in [2.45, 2.75) is 32.2 Å². The van der Waals surface area contributed by atoms with Gasteiger partial charge in [-0.15, -0.1) is 0 Å². The Kier molecular flexibility index (Phi) is 9.45. The smallest absolute Gasteiger partial charge is 0.224 e. The molecule has 8 nitrogen and oxygen atoms in total. The van der Waals surface area contributed by atoms with Gasteiger partial charge in [0.15, 0.2) is 11.5 Å². The van der Waals surface area contributed by atoms with Crippen LogP contribution in [0.3, 0.4) is 0 Å². The molecule has 0 saturated heterocycles. The molecule has 38 heavy (non-hydrogen) atoms. The Balaban J connectivity index is 1.28. The fourth-order valence-corrected chi connectivity index (χ4v) is 4.38. The molecule has 4 aromatic rings. The third-order valence-corrected chi connectivity index (χ3v) is 6.28. The summed E-state index contributed by atoms with van der Waals surface area (Å²) in [5.74, 6) is 3.82. The molecule has 0 unspecified atom stereocenters. The molecule has 0 saturated carbocycles. The lowest BCUT2D eigenvalue weighted by Gasteiger charge is -2.12. The van der Waals surface area contributed by atoms with E-state index in [0.29, 0.717) is 24.7 Å². The van der Waals surface area contributed by atoms with E-state index in [1.165, 1.54) is 0 Å². The Morgan fingerprint density at radius 2 is 1.68 bits per heavy atom. The third kappa shape index (κ3) is 6.97. The highest BCUT2D eigenvalue weighted by atomic mass is 16.5. The Labute approximate surface area is 223 Å². The summed E-state index contributed by atoms with van der Waals surface area (Å²) in [7, 11) is 4.83. The molecular formula is C30H35N3O5. The number of hydrogen-bond donors (Lipinski definition) is 1. The highest BCUT2D eigenvalue weighted by Gasteiger charge is 2.12. The van der Waals surface area contributed by atoms with Gasteiger partial charge >= 0.3 is 0 Å².